The normalized spacial score (nSPS) is 11.8. The highest BCUT2D eigenvalue weighted by atomic mass is 35.5. The number of ether oxygens (including phenoxy) is 2. The van der Waals surface area contributed by atoms with E-state index < -0.39 is 12.0 Å². The van der Waals surface area contributed by atoms with E-state index >= 15 is 0 Å². The van der Waals surface area contributed by atoms with Crippen molar-refractivity contribution in [2.75, 3.05) is 19.5 Å². The molecule has 1 heterocycles. The number of carbonyl (C=O) groups excluding carboxylic acids is 2. The van der Waals surface area contributed by atoms with Crippen molar-refractivity contribution >= 4 is 45.9 Å². The number of rotatable bonds is 8. The van der Waals surface area contributed by atoms with Gasteiger partial charge in [0, 0.05) is 22.2 Å². The molecule has 174 valence electrons. The lowest BCUT2D eigenvalue weighted by Crippen LogP contribution is -2.45. The molecule has 0 saturated carbocycles. The smallest absolute Gasteiger partial charge is 0.328 e. The summed E-state index contributed by atoms with van der Waals surface area (Å²) in [6, 6.07) is 7.40. The van der Waals surface area contributed by atoms with Crippen molar-refractivity contribution in [3.05, 3.63) is 47.2 Å². The zero-order chi connectivity index (χ0) is 24.1. The molecule has 9 nitrogen and oxygen atoms in total. The summed E-state index contributed by atoms with van der Waals surface area (Å²) in [5.74, 6) is -0.346. The van der Waals surface area contributed by atoms with Gasteiger partial charge in [-0.2, -0.15) is 0 Å². The summed E-state index contributed by atoms with van der Waals surface area (Å²) in [4.78, 5) is 33.2. The fraction of sp³-hybridized carbons (Fsp3) is 0.304. The first-order valence-corrected chi connectivity index (χ1v) is 10.6. The van der Waals surface area contributed by atoms with Crippen LogP contribution < -0.4 is 15.4 Å². The summed E-state index contributed by atoms with van der Waals surface area (Å²) in [6.07, 6.45) is 1.36. The van der Waals surface area contributed by atoms with Gasteiger partial charge in [0.1, 0.15) is 18.2 Å². The van der Waals surface area contributed by atoms with E-state index in [0.717, 1.165) is 0 Å². The fourth-order valence-corrected chi connectivity index (χ4v) is 3.48. The molecule has 0 spiro atoms. The molecule has 1 amide bonds. The number of aromatic nitrogens is 2. The van der Waals surface area contributed by atoms with Gasteiger partial charge in [0.15, 0.2) is 11.5 Å². The van der Waals surface area contributed by atoms with Crippen molar-refractivity contribution in [2.24, 2.45) is 5.92 Å². The van der Waals surface area contributed by atoms with Crippen LogP contribution in [-0.2, 0) is 20.7 Å². The van der Waals surface area contributed by atoms with E-state index in [1.54, 1.807) is 24.3 Å². The van der Waals surface area contributed by atoms with E-state index in [1.807, 2.05) is 13.8 Å². The van der Waals surface area contributed by atoms with Gasteiger partial charge in [-0.1, -0.05) is 31.5 Å². The van der Waals surface area contributed by atoms with Crippen molar-refractivity contribution in [2.45, 2.75) is 26.3 Å². The molecule has 3 aromatic rings. The van der Waals surface area contributed by atoms with Crippen molar-refractivity contribution in [1.82, 2.24) is 15.3 Å². The van der Waals surface area contributed by atoms with Crippen LogP contribution in [0, 0.1) is 5.92 Å². The zero-order valence-corrected chi connectivity index (χ0v) is 19.4. The fourth-order valence-electron chi connectivity index (χ4n) is 3.30. The van der Waals surface area contributed by atoms with Crippen LogP contribution in [0.2, 0.25) is 5.02 Å². The monoisotopic (exact) mass is 472 g/mol. The molecule has 0 aliphatic carbocycles. The van der Waals surface area contributed by atoms with Crippen LogP contribution in [0.15, 0.2) is 36.7 Å². The topological polar surface area (TPSA) is 123 Å². The Morgan fingerprint density at radius 2 is 1.91 bits per heavy atom. The first-order valence-electron chi connectivity index (χ1n) is 10.2. The maximum Gasteiger partial charge on any atom is 0.328 e. The number of methoxy groups -OCH3 is 2. The molecule has 1 aromatic heterocycles. The number of nitrogens with one attached hydrogen (secondary N) is 2. The van der Waals surface area contributed by atoms with E-state index in [4.69, 9.17) is 21.1 Å². The maximum atomic E-state index is 12.7. The minimum absolute atomic E-state index is 0.0121. The molecule has 1 atom stereocenters. The number of phenols is 1. The summed E-state index contributed by atoms with van der Waals surface area (Å²) in [5.41, 5.74) is 1.74. The molecule has 0 radical (unpaired) electrons. The number of halogens is 1. The Balaban J connectivity index is 1.90. The Bertz CT molecular complexity index is 1180. The molecule has 3 rings (SSSR count). The summed E-state index contributed by atoms with van der Waals surface area (Å²) >= 11 is 6.20. The van der Waals surface area contributed by atoms with Gasteiger partial charge in [-0.25, -0.2) is 14.8 Å². The van der Waals surface area contributed by atoms with Crippen LogP contribution in [0.4, 0.5) is 11.5 Å². The summed E-state index contributed by atoms with van der Waals surface area (Å²) in [6.45, 7) is 3.64. The number of nitrogens with zero attached hydrogens (tertiary/aromatic N) is 2. The second kappa shape index (κ2) is 10.4. The summed E-state index contributed by atoms with van der Waals surface area (Å²) in [5, 5.41) is 17.1. The second-order valence-corrected chi connectivity index (χ2v) is 8.12. The first-order chi connectivity index (χ1) is 15.7. The number of carbonyl (C=O) groups is 2. The number of hydrogen-bond donors (Lipinski definition) is 3. The van der Waals surface area contributed by atoms with Crippen LogP contribution in [0.5, 0.6) is 11.5 Å². The summed E-state index contributed by atoms with van der Waals surface area (Å²) < 4.78 is 9.92. The molecule has 1 unspecified atom stereocenters. The van der Waals surface area contributed by atoms with Gasteiger partial charge in [0.05, 0.1) is 26.2 Å². The van der Waals surface area contributed by atoms with Crippen molar-refractivity contribution < 1.29 is 24.2 Å². The lowest BCUT2D eigenvalue weighted by atomic mass is 10.0. The number of fused-ring (bicyclic) bond motifs is 1. The van der Waals surface area contributed by atoms with Gasteiger partial charge < -0.3 is 25.2 Å². The Morgan fingerprint density at radius 3 is 2.58 bits per heavy atom. The minimum Gasteiger partial charge on any atom is -0.504 e. The molecular formula is C23H25ClN4O5. The third-order valence-corrected chi connectivity index (χ3v) is 5.29. The number of phenolic OH excluding ortho intramolecular Hbond substituents is 1. The number of hydrogen-bond acceptors (Lipinski definition) is 8. The number of amides is 1. The third-order valence-electron chi connectivity index (χ3n) is 5.05. The van der Waals surface area contributed by atoms with Gasteiger partial charge in [0.25, 0.3) is 0 Å². The molecule has 0 fully saturated rings. The van der Waals surface area contributed by atoms with Gasteiger partial charge in [-0.15, -0.1) is 0 Å². The first kappa shape index (κ1) is 24.1. The molecule has 0 bridgehead atoms. The van der Waals surface area contributed by atoms with Gasteiger partial charge in [0.2, 0.25) is 5.91 Å². The Labute approximate surface area is 196 Å². The van der Waals surface area contributed by atoms with E-state index in [1.165, 1.54) is 26.6 Å². The highest BCUT2D eigenvalue weighted by Gasteiger charge is 2.25. The highest BCUT2D eigenvalue weighted by molar-refractivity contribution is 6.31. The predicted molar refractivity (Wildman–Crippen MR) is 125 cm³/mol. The van der Waals surface area contributed by atoms with Crippen molar-refractivity contribution in [1.29, 1.82) is 0 Å². The Kier molecular flexibility index (Phi) is 7.55. The minimum atomic E-state index is -0.755. The van der Waals surface area contributed by atoms with Crippen LogP contribution in [0.3, 0.4) is 0 Å². The Morgan fingerprint density at radius 1 is 1.15 bits per heavy atom. The number of esters is 1. The average Bonchev–Trinajstić information content (AvgIpc) is 2.78. The molecule has 10 heteroatoms. The third kappa shape index (κ3) is 5.61. The SMILES string of the molecule is COC(=O)C(NC(=O)Cc1ccc(Cl)cc1Nc1ncnc2cc(OC)c(O)cc12)C(C)C. The van der Waals surface area contributed by atoms with Crippen LogP contribution in [0.25, 0.3) is 10.9 Å². The molecule has 33 heavy (non-hydrogen) atoms. The molecular weight excluding hydrogens is 448 g/mol. The largest absolute Gasteiger partial charge is 0.504 e. The second-order valence-electron chi connectivity index (χ2n) is 7.68. The molecule has 0 saturated heterocycles. The van der Waals surface area contributed by atoms with Gasteiger partial charge >= 0.3 is 5.97 Å². The summed E-state index contributed by atoms with van der Waals surface area (Å²) in [7, 11) is 2.74. The van der Waals surface area contributed by atoms with Gasteiger partial charge in [-0.05, 0) is 29.7 Å². The van der Waals surface area contributed by atoms with Crippen molar-refractivity contribution in [3.8, 4) is 11.5 Å². The predicted octanol–water partition coefficient (Wildman–Crippen LogP) is 3.60. The lowest BCUT2D eigenvalue weighted by molar-refractivity contribution is -0.146. The lowest BCUT2D eigenvalue weighted by Gasteiger charge is -2.20. The van der Waals surface area contributed by atoms with Gasteiger partial charge in [-0.3, -0.25) is 4.79 Å². The van der Waals surface area contributed by atoms with Crippen LogP contribution in [-0.4, -0.2) is 47.2 Å². The van der Waals surface area contributed by atoms with E-state index in [2.05, 4.69) is 20.6 Å². The zero-order valence-electron chi connectivity index (χ0n) is 18.7. The molecule has 3 N–H and O–H groups in total. The number of benzene rings is 2. The number of anilines is 2. The van der Waals surface area contributed by atoms with Crippen LogP contribution in [0.1, 0.15) is 19.4 Å². The molecule has 0 aliphatic rings. The number of aromatic hydroxyl groups is 1. The van der Waals surface area contributed by atoms with E-state index in [0.29, 0.717) is 33.0 Å². The Hall–Kier alpha value is -3.59. The average molecular weight is 473 g/mol. The maximum absolute atomic E-state index is 12.7. The quantitative estimate of drug-likeness (QED) is 0.425. The standard InChI is InChI=1S/C23H25ClN4O5/c1-12(2)21(23(31)33-4)28-20(30)7-13-5-6-14(24)8-16(13)27-22-15-9-18(29)19(32-3)10-17(15)25-11-26-22/h5-6,8-12,21,29H,7H2,1-4H3,(H,28,30)(H,25,26,27). The van der Waals surface area contributed by atoms with Crippen LogP contribution >= 0.6 is 11.6 Å². The van der Waals surface area contributed by atoms with Crippen molar-refractivity contribution in [3.63, 3.8) is 0 Å². The molecule has 2 aromatic carbocycles. The van der Waals surface area contributed by atoms with E-state index in [-0.39, 0.29) is 29.7 Å². The molecule has 0 aliphatic heterocycles. The van der Waals surface area contributed by atoms with E-state index in [9.17, 15) is 14.7 Å². The highest BCUT2D eigenvalue weighted by Crippen LogP contribution is 2.34.